The van der Waals surface area contributed by atoms with Crippen LogP contribution in [-0.2, 0) is 9.59 Å². The Morgan fingerprint density at radius 3 is 2.52 bits per heavy atom. The largest absolute Gasteiger partial charge is 0.495 e. The number of carbonyl (C=O) groups is 2. The fourth-order valence-corrected chi connectivity index (χ4v) is 1.79. The molecule has 0 saturated heterocycles. The highest BCUT2D eigenvalue weighted by Crippen LogP contribution is 2.23. The van der Waals surface area contributed by atoms with Crippen molar-refractivity contribution < 1.29 is 19.4 Å². The van der Waals surface area contributed by atoms with Gasteiger partial charge in [-0.15, -0.1) is 0 Å². The predicted octanol–water partition coefficient (Wildman–Crippen LogP) is 1.74. The van der Waals surface area contributed by atoms with Crippen LogP contribution >= 0.6 is 0 Å². The first kappa shape index (κ1) is 18.0. The highest BCUT2D eigenvalue weighted by atomic mass is 16.5. The van der Waals surface area contributed by atoms with Crippen molar-refractivity contribution in [1.82, 2.24) is 5.32 Å². The Kier molecular flexibility index (Phi) is 6.62. The van der Waals surface area contributed by atoms with Crippen LogP contribution in [0.1, 0.15) is 13.8 Å². The van der Waals surface area contributed by atoms with Crippen molar-refractivity contribution in [3.8, 4) is 11.8 Å². The zero-order valence-corrected chi connectivity index (χ0v) is 13.2. The Labute approximate surface area is 134 Å². The highest BCUT2D eigenvalue weighted by molar-refractivity contribution is 5.99. The highest BCUT2D eigenvalue weighted by Gasteiger charge is 2.24. The zero-order valence-electron chi connectivity index (χ0n) is 13.2. The van der Waals surface area contributed by atoms with Crippen LogP contribution in [-0.4, -0.2) is 30.1 Å². The van der Waals surface area contributed by atoms with E-state index < -0.39 is 17.9 Å². The van der Waals surface area contributed by atoms with Crippen molar-refractivity contribution in [2.24, 2.45) is 5.92 Å². The number of aliphatic carboxylic acids is 1. The number of carboxylic acids is 1. The Balaban J connectivity index is 2.89. The van der Waals surface area contributed by atoms with Crippen molar-refractivity contribution in [1.29, 1.82) is 5.26 Å². The van der Waals surface area contributed by atoms with Crippen LogP contribution in [0.2, 0.25) is 0 Å². The third-order valence-electron chi connectivity index (χ3n) is 3.06. The molecule has 1 amide bonds. The first-order chi connectivity index (χ1) is 10.9. The van der Waals surface area contributed by atoms with Gasteiger partial charge in [-0.25, -0.2) is 4.79 Å². The third kappa shape index (κ3) is 5.04. The van der Waals surface area contributed by atoms with E-state index in [0.717, 1.165) is 0 Å². The van der Waals surface area contributed by atoms with Gasteiger partial charge in [0.2, 0.25) is 0 Å². The summed E-state index contributed by atoms with van der Waals surface area (Å²) in [5, 5.41) is 23.3. The summed E-state index contributed by atoms with van der Waals surface area (Å²) < 4.78 is 5.15. The lowest BCUT2D eigenvalue weighted by Gasteiger charge is -2.17. The molecule has 23 heavy (non-hydrogen) atoms. The second-order valence-corrected chi connectivity index (χ2v) is 5.05. The maximum atomic E-state index is 12.0. The molecule has 0 radical (unpaired) electrons. The molecule has 0 fully saturated rings. The summed E-state index contributed by atoms with van der Waals surface area (Å²) in [5.41, 5.74) is 0.344. The summed E-state index contributed by atoms with van der Waals surface area (Å²) >= 11 is 0. The molecule has 7 heteroatoms. The smallest absolute Gasteiger partial charge is 0.326 e. The van der Waals surface area contributed by atoms with Crippen LogP contribution in [0.5, 0.6) is 5.75 Å². The zero-order chi connectivity index (χ0) is 17.4. The Bertz CT molecular complexity index is 647. The number of methoxy groups -OCH3 is 1. The number of anilines is 1. The molecule has 122 valence electrons. The average molecular weight is 317 g/mol. The summed E-state index contributed by atoms with van der Waals surface area (Å²) in [5.74, 6) is -1.66. The van der Waals surface area contributed by atoms with E-state index in [9.17, 15) is 9.59 Å². The van der Waals surface area contributed by atoms with Gasteiger partial charge in [0, 0.05) is 6.20 Å². The van der Waals surface area contributed by atoms with Gasteiger partial charge in [-0.3, -0.25) is 4.79 Å². The molecule has 1 atom stereocenters. The Morgan fingerprint density at radius 1 is 1.35 bits per heavy atom. The molecule has 1 aromatic rings. The number of nitrogens with zero attached hydrogens (tertiary/aromatic N) is 1. The summed E-state index contributed by atoms with van der Waals surface area (Å²) in [4.78, 5) is 23.1. The normalized spacial score (nSPS) is 12.2. The van der Waals surface area contributed by atoms with E-state index in [1.165, 1.54) is 13.3 Å². The summed E-state index contributed by atoms with van der Waals surface area (Å²) in [6, 6.07) is 7.67. The SMILES string of the molecule is COc1ccccc1N/C=C(/C#N)C(=O)NC(C(=O)O)C(C)C. The molecule has 0 aliphatic heterocycles. The molecular formula is C16H19N3O4. The average Bonchev–Trinajstić information content (AvgIpc) is 2.52. The van der Waals surface area contributed by atoms with E-state index >= 15 is 0 Å². The van der Waals surface area contributed by atoms with Crippen LogP contribution in [0.3, 0.4) is 0 Å². The molecule has 1 rings (SSSR count). The van der Waals surface area contributed by atoms with Crippen LogP contribution in [0, 0.1) is 17.2 Å². The summed E-state index contributed by atoms with van der Waals surface area (Å²) in [6.45, 7) is 3.34. The van der Waals surface area contributed by atoms with Crippen molar-refractivity contribution in [2.75, 3.05) is 12.4 Å². The minimum atomic E-state index is -1.15. The maximum Gasteiger partial charge on any atom is 0.326 e. The second kappa shape index (κ2) is 8.44. The topological polar surface area (TPSA) is 111 Å². The molecule has 0 spiro atoms. The second-order valence-electron chi connectivity index (χ2n) is 5.05. The van der Waals surface area contributed by atoms with Gasteiger partial charge >= 0.3 is 5.97 Å². The lowest BCUT2D eigenvalue weighted by atomic mass is 10.0. The van der Waals surface area contributed by atoms with Gasteiger partial charge in [0.1, 0.15) is 23.4 Å². The van der Waals surface area contributed by atoms with E-state index in [0.29, 0.717) is 11.4 Å². The Hall–Kier alpha value is -3.01. The van der Waals surface area contributed by atoms with E-state index in [2.05, 4.69) is 10.6 Å². The fourth-order valence-electron chi connectivity index (χ4n) is 1.79. The summed E-state index contributed by atoms with van der Waals surface area (Å²) in [6.07, 6.45) is 1.21. The molecule has 3 N–H and O–H groups in total. The van der Waals surface area contributed by atoms with Crippen molar-refractivity contribution in [2.45, 2.75) is 19.9 Å². The molecular weight excluding hydrogens is 298 g/mol. The molecule has 0 aromatic heterocycles. The fraction of sp³-hybridized carbons (Fsp3) is 0.312. The van der Waals surface area contributed by atoms with Gasteiger partial charge in [0.05, 0.1) is 12.8 Å². The first-order valence-corrected chi connectivity index (χ1v) is 6.94. The van der Waals surface area contributed by atoms with Gasteiger partial charge in [-0.1, -0.05) is 26.0 Å². The number of rotatable bonds is 7. The minimum absolute atomic E-state index is 0.234. The predicted molar refractivity (Wildman–Crippen MR) is 84.7 cm³/mol. The molecule has 0 aliphatic carbocycles. The number of amides is 1. The van der Waals surface area contributed by atoms with Crippen molar-refractivity contribution in [3.63, 3.8) is 0 Å². The Morgan fingerprint density at radius 2 is 2.00 bits per heavy atom. The minimum Gasteiger partial charge on any atom is -0.495 e. The summed E-state index contributed by atoms with van der Waals surface area (Å²) in [7, 11) is 1.50. The van der Waals surface area contributed by atoms with Crippen molar-refractivity contribution >= 4 is 17.6 Å². The van der Waals surface area contributed by atoms with E-state index in [-0.39, 0.29) is 11.5 Å². The monoisotopic (exact) mass is 317 g/mol. The van der Waals surface area contributed by atoms with Crippen LogP contribution in [0.25, 0.3) is 0 Å². The number of carbonyl (C=O) groups excluding carboxylic acids is 1. The van der Waals surface area contributed by atoms with Crippen molar-refractivity contribution in [3.05, 3.63) is 36.0 Å². The first-order valence-electron chi connectivity index (χ1n) is 6.94. The van der Waals surface area contributed by atoms with Gasteiger partial charge in [0.25, 0.3) is 5.91 Å². The lowest BCUT2D eigenvalue weighted by molar-refractivity contribution is -0.142. The maximum absolute atomic E-state index is 12.0. The molecule has 0 heterocycles. The van der Waals surface area contributed by atoms with E-state index in [1.807, 2.05) is 0 Å². The van der Waals surface area contributed by atoms with Crippen LogP contribution in [0.4, 0.5) is 5.69 Å². The number of hydrogen-bond donors (Lipinski definition) is 3. The molecule has 0 aliphatic rings. The molecule has 0 saturated carbocycles. The number of benzene rings is 1. The van der Waals surface area contributed by atoms with Gasteiger partial charge in [-0.2, -0.15) is 5.26 Å². The third-order valence-corrected chi connectivity index (χ3v) is 3.06. The number of hydrogen-bond acceptors (Lipinski definition) is 5. The number of ether oxygens (including phenoxy) is 1. The van der Waals surface area contributed by atoms with Gasteiger partial charge in [0.15, 0.2) is 0 Å². The number of nitriles is 1. The molecule has 0 bridgehead atoms. The van der Waals surface area contributed by atoms with Gasteiger partial charge < -0.3 is 20.5 Å². The van der Waals surface area contributed by atoms with E-state index in [1.54, 1.807) is 44.2 Å². The lowest BCUT2D eigenvalue weighted by Crippen LogP contribution is -2.44. The molecule has 1 aromatic carbocycles. The van der Waals surface area contributed by atoms with Crippen LogP contribution < -0.4 is 15.4 Å². The van der Waals surface area contributed by atoms with E-state index in [4.69, 9.17) is 15.1 Å². The number of para-hydroxylation sites is 2. The number of nitrogens with one attached hydrogen (secondary N) is 2. The molecule has 7 nitrogen and oxygen atoms in total. The quantitative estimate of drug-likeness (QED) is 0.522. The van der Waals surface area contributed by atoms with Gasteiger partial charge in [-0.05, 0) is 18.1 Å². The molecule has 1 unspecified atom stereocenters. The van der Waals surface area contributed by atoms with Crippen LogP contribution in [0.15, 0.2) is 36.0 Å². The standard InChI is InChI=1S/C16H19N3O4/c1-10(2)14(16(21)22)19-15(20)11(8-17)9-18-12-6-4-5-7-13(12)23-3/h4-7,9-10,14,18H,1-3H3,(H,19,20)(H,21,22)/b11-9-. The number of carboxylic acid groups (broad SMARTS) is 1.